The average Bonchev–Trinajstić information content (AvgIpc) is 2.68. The molecular weight excluding hydrogens is 570 g/mol. The molecule has 0 amide bonds. The second-order valence-electron chi connectivity index (χ2n) is 8.87. The van der Waals surface area contributed by atoms with Crippen LogP contribution in [0.1, 0.15) is 73.6 Å². The van der Waals surface area contributed by atoms with Gasteiger partial charge in [-0.3, -0.25) is 4.79 Å². The summed E-state index contributed by atoms with van der Waals surface area (Å²) in [5.74, 6) is -0.355. The van der Waals surface area contributed by atoms with Gasteiger partial charge in [-0.25, -0.2) is 0 Å². The Morgan fingerprint density at radius 1 is 0.903 bits per heavy atom. The molecule has 9 nitrogen and oxygen atoms in total. The molecule has 5 N–H and O–H groups in total. The van der Waals surface area contributed by atoms with Crippen LogP contribution in [0.5, 0.6) is 0 Å². The summed E-state index contributed by atoms with van der Waals surface area (Å²) >= 11 is 0. The first-order valence-electron chi connectivity index (χ1n) is 10.7. The van der Waals surface area contributed by atoms with Gasteiger partial charge in [-0.15, -0.1) is 13.1 Å². The monoisotopic (exact) mass is 612 g/mol. The molecule has 0 heterocycles. The van der Waals surface area contributed by atoms with Gasteiger partial charge in [0.05, 0.1) is 22.5 Å². The van der Waals surface area contributed by atoms with Crippen molar-refractivity contribution in [2.24, 2.45) is 16.2 Å². The molecule has 10 heteroatoms. The van der Waals surface area contributed by atoms with Gasteiger partial charge in [0.2, 0.25) is 0 Å². The second-order valence-corrected chi connectivity index (χ2v) is 8.87. The van der Waals surface area contributed by atoms with Crippen molar-refractivity contribution < 1.29 is 41.4 Å². The zero-order valence-electron chi connectivity index (χ0n) is 19.9. The predicted molar refractivity (Wildman–Crippen MR) is 121 cm³/mol. The topological polar surface area (TPSA) is 141 Å². The van der Waals surface area contributed by atoms with Gasteiger partial charge >= 0.3 is 5.97 Å². The summed E-state index contributed by atoms with van der Waals surface area (Å²) in [5.41, 5.74) is 0.509. The van der Waals surface area contributed by atoms with E-state index in [1.165, 1.54) is 0 Å². The van der Waals surface area contributed by atoms with Crippen molar-refractivity contribution in [1.29, 1.82) is 0 Å². The third-order valence-electron chi connectivity index (χ3n) is 5.75. The molecule has 0 aromatic carbocycles. The zero-order valence-corrected chi connectivity index (χ0v) is 22.9. The SMILES string of the molecule is C/C(=N\O)C(C)(C)NCCC(CC[N-]CCCC(=O)O)CCNC(C)(C)/C(C)=N/O.[W]. The second kappa shape index (κ2) is 16.6. The Labute approximate surface area is 201 Å². The number of nitrogens with one attached hydrogen (secondary N) is 2. The Balaban J connectivity index is 0. The van der Waals surface area contributed by atoms with Crippen LogP contribution in [0.3, 0.4) is 0 Å². The Morgan fingerprint density at radius 3 is 1.74 bits per heavy atom. The number of aliphatic carboxylic acids is 1. The summed E-state index contributed by atoms with van der Waals surface area (Å²) in [4.78, 5) is 10.6. The zero-order chi connectivity index (χ0) is 23.2. The number of oxime groups is 2. The number of carboxylic acids is 1. The molecule has 0 unspecified atom stereocenters. The third kappa shape index (κ3) is 14.6. The first-order valence-corrected chi connectivity index (χ1v) is 10.7. The third-order valence-corrected chi connectivity index (χ3v) is 5.75. The van der Waals surface area contributed by atoms with E-state index in [1.807, 2.05) is 27.7 Å². The van der Waals surface area contributed by atoms with Gasteiger partial charge in [-0.1, -0.05) is 23.2 Å². The minimum atomic E-state index is -0.783. The van der Waals surface area contributed by atoms with Crippen molar-refractivity contribution in [2.45, 2.75) is 84.7 Å². The maximum atomic E-state index is 10.6. The number of hydrogen-bond donors (Lipinski definition) is 5. The summed E-state index contributed by atoms with van der Waals surface area (Å²) in [6.07, 6.45) is 3.55. The van der Waals surface area contributed by atoms with Crippen LogP contribution in [0.2, 0.25) is 0 Å². The van der Waals surface area contributed by atoms with E-state index in [1.54, 1.807) is 13.8 Å². The molecule has 0 saturated carbocycles. The fourth-order valence-corrected chi connectivity index (χ4v) is 2.84. The van der Waals surface area contributed by atoms with E-state index in [2.05, 4.69) is 26.3 Å². The molecule has 0 radical (unpaired) electrons. The minimum absolute atomic E-state index is 0. The van der Waals surface area contributed by atoms with Crippen LogP contribution >= 0.6 is 0 Å². The molecule has 0 rings (SSSR count). The van der Waals surface area contributed by atoms with Crippen LogP contribution in [0.4, 0.5) is 0 Å². The molecule has 0 fully saturated rings. The van der Waals surface area contributed by atoms with Crippen molar-refractivity contribution in [1.82, 2.24) is 10.6 Å². The Bertz CT molecular complexity index is 532. The smallest absolute Gasteiger partial charge is 0.303 e. The first kappa shape index (κ1) is 32.2. The molecule has 0 spiro atoms. The maximum absolute atomic E-state index is 10.6. The van der Waals surface area contributed by atoms with Gasteiger partial charge in [0.1, 0.15) is 0 Å². The van der Waals surface area contributed by atoms with Gasteiger partial charge in [0.25, 0.3) is 0 Å². The molecule has 0 aromatic rings. The molecular formula is C21H42N5O4W-. The fraction of sp³-hybridized carbons (Fsp3) is 0.857. The summed E-state index contributed by atoms with van der Waals surface area (Å²) < 4.78 is 0. The van der Waals surface area contributed by atoms with Gasteiger partial charge in [0, 0.05) is 27.5 Å². The normalized spacial score (nSPS) is 14.3. The van der Waals surface area contributed by atoms with Crippen molar-refractivity contribution >= 4 is 17.4 Å². The van der Waals surface area contributed by atoms with E-state index in [9.17, 15) is 4.79 Å². The molecule has 182 valence electrons. The quantitative estimate of drug-likeness (QED) is 0.0738. The van der Waals surface area contributed by atoms with Crippen molar-refractivity contribution in [3.63, 3.8) is 0 Å². The number of carbonyl (C=O) groups is 1. The van der Waals surface area contributed by atoms with Gasteiger partial charge in [-0.2, -0.15) is 0 Å². The number of hydrogen-bond acceptors (Lipinski definition) is 7. The standard InChI is InChI=1S/C21H42N5O4.W/c1-16(25-29)20(3,4)23-14-10-18(9-13-22-12-7-8-19(27)28)11-15-24-21(5,6)17(2)26-30;/h18,23-24,29-30H,7-15H2,1-6H3,(H,27,28);/q-1;/b25-16+,26-17+;. The fourth-order valence-electron chi connectivity index (χ4n) is 2.84. The minimum Gasteiger partial charge on any atom is -0.662 e. The van der Waals surface area contributed by atoms with Crippen LogP contribution < -0.4 is 10.6 Å². The van der Waals surface area contributed by atoms with E-state index < -0.39 is 5.97 Å². The van der Waals surface area contributed by atoms with Crippen molar-refractivity contribution in [3.8, 4) is 0 Å². The molecule has 0 aromatic heterocycles. The van der Waals surface area contributed by atoms with E-state index in [0.29, 0.717) is 36.9 Å². The molecule has 0 aliphatic heterocycles. The van der Waals surface area contributed by atoms with Crippen molar-refractivity contribution in [3.05, 3.63) is 5.32 Å². The predicted octanol–water partition coefficient (Wildman–Crippen LogP) is 3.45. The Kier molecular flexibility index (Phi) is 17.2. The number of rotatable bonds is 17. The number of nitrogens with zero attached hydrogens (tertiary/aromatic N) is 3. The molecule has 0 bridgehead atoms. The van der Waals surface area contributed by atoms with Crippen LogP contribution in [-0.4, -0.2) is 70.2 Å². The summed E-state index contributed by atoms with van der Waals surface area (Å²) in [6, 6.07) is 0. The van der Waals surface area contributed by atoms with E-state index in [-0.39, 0.29) is 38.6 Å². The van der Waals surface area contributed by atoms with E-state index in [0.717, 1.165) is 32.4 Å². The Morgan fingerprint density at radius 2 is 1.35 bits per heavy atom. The summed E-state index contributed by atoms with van der Waals surface area (Å²) in [7, 11) is 0. The maximum Gasteiger partial charge on any atom is 0.303 e. The number of carboxylic acid groups (broad SMARTS) is 1. The molecule has 0 aliphatic rings. The van der Waals surface area contributed by atoms with Crippen LogP contribution in [-0.2, 0) is 25.9 Å². The van der Waals surface area contributed by atoms with Crippen molar-refractivity contribution in [2.75, 3.05) is 26.2 Å². The molecule has 0 saturated heterocycles. The average molecular weight is 612 g/mol. The Hall–Kier alpha value is -1.02. The van der Waals surface area contributed by atoms with Gasteiger partial charge in [-0.05, 0) is 73.4 Å². The first-order chi connectivity index (χ1) is 14.0. The summed E-state index contributed by atoms with van der Waals surface area (Å²) in [5, 5.41) is 44.7. The van der Waals surface area contributed by atoms with Crippen LogP contribution in [0.25, 0.3) is 5.32 Å². The summed E-state index contributed by atoms with van der Waals surface area (Å²) in [6.45, 7) is 14.4. The van der Waals surface area contributed by atoms with Crippen LogP contribution in [0, 0.1) is 5.92 Å². The van der Waals surface area contributed by atoms with E-state index >= 15 is 0 Å². The molecule has 0 atom stereocenters. The van der Waals surface area contributed by atoms with Gasteiger partial charge in [0.15, 0.2) is 0 Å². The molecule has 31 heavy (non-hydrogen) atoms. The van der Waals surface area contributed by atoms with Gasteiger partial charge < -0.3 is 31.5 Å². The van der Waals surface area contributed by atoms with Crippen LogP contribution in [0.15, 0.2) is 10.3 Å². The van der Waals surface area contributed by atoms with E-state index in [4.69, 9.17) is 15.5 Å². The molecule has 0 aliphatic carbocycles. The largest absolute Gasteiger partial charge is 0.662 e.